The van der Waals surface area contributed by atoms with Gasteiger partial charge in [-0.2, -0.15) is 13.2 Å². The topological polar surface area (TPSA) is 21.3 Å². The molecule has 0 amide bonds. The number of rotatable bonds is 3. The molecule has 2 rings (SSSR count). The van der Waals surface area contributed by atoms with Gasteiger partial charge in [0.15, 0.2) is 0 Å². The fraction of sp³-hybridized carbons (Fsp3) is 0.571. The molecule has 2 atom stereocenters. The summed E-state index contributed by atoms with van der Waals surface area (Å²) < 4.78 is 44.0. The lowest BCUT2D eigenvalue weighted by Crippen LogP contribution is -2.57. The van der Waals surface area contributed by atoms with E-state index in [4.69, 9.17) is 4.74 Å². The van der Waals surface area contributed by atoms with Crippen LogP contribution < -0.4 is 5.32 Å². The van der Waals surface area contributed by atoms with E-state index in [1.54, 1.807) is 13.2 Å². The van der Waals surface area contributed by atoms with E-state index in [2.05, 4.69) is 5.32 Å². The maximum atomic E-state index is 12.9. The second kappa shape index (κ2) is 4.71. The van der Waals surface area contributed by atoms with Crippen LogP contribution in [0.4, 0.5) is 18.9 Å². The Bertz CT molecular complexity index is 456. The first kappa shape index (κ1) is 14.2. The minimum atomic E-state index is -4.34. The van der Waals surface area contributed by atoms with Gasteiger partial charge in [0, 0.05) is 24.3 Å². The molecule has 1 aromatic rings. The second-order valence-electron chi connectivity index (χ2n) is 5.52. The molecule has 1 aliphatic rings. The van der Waals surface area contributed by atoms with Crippen LogP contribution in [0.2, 0.25) is 0 Å². The van der Waals surface area contributed by atoms with Gasteiger partial charge < -0.3 is 10.1 Å². The number of anilines is 1. The van der Waals surface area contributed by atoms with Gasteiger partial charge in [-0.3, -0.25) is 0 Å². The lowest BCUT2D eigenvalue weighted by Gasteiger charge is -2.51. The molecular weight excluding hydrogens is 255 g/mol. The van der Waals surface area contributed by atoms with Crippen LogP contribution in [0.3, 0.4) is 0 Å². The zero-order valence-electron chi connectivity index (χ0n) is 11.2. The summed E-state index contributed by atoms with van der Waals surface area (Å²) in [4.78, 5) is 0. The standard InChI is InChI=1S/C14H18F3NO/c1-13(2)11(8-12(13)19-3)18-10-7-5-4-6-9(10)14(15,16)17/h4-7,11-12,18H,8H2,1-3H3. The number of hydrogen-bond acceptors (Lipinski definition) is 2. The number of halogens is 3. The number of nitrogens with one attached hydrogen (secondary N) is 1. The molecule has 19 heavy (non-hydrogen) atoms. The summed E-state index contributed by atoms with van der Waals surface area (Å²) in [7, 11) is 1.63. The molecule has 0 heterocycles. The molecule has 2 unspecified atom stereocenters. The fourth-order valence-corrected chi connectivity index (χ4v) is 2.57. The van der Waals surface area contributed by atoms with Gasteiger partial charge in [-0.1, -0.05) is 26.0 Å². The van der Waals surface area contributed by atoms with Gasteiger partial charge in [0.05, 0.1) is 11.7 Å². The lowest BCUT2D eigenvalue weighted by molar-refractivity contribution is -0.137. The Morgan fingerprint density at radius 3 is 2.42 bits per heavy atom. The van der Waals surface area contributed by atoms with E-state index in [0.29, 0.717) is 0 Å². The SMILES string of the molecule is COC1CC(Nc2ccccc2C(F)(F)F)C1(C)C. The summed E-state index contributed by atoms with van der Waals surface area (Å²) in [6, 6.07) is 5.57. The summed E-state index contributed by atoms with van der Waals surface area (Å²) in [6.07, 6.45) is -3.53. The summed E-state index contributed by atoms with van der Waals surface area (Å²) in [6.45, 7) is 4.00. The lowest BCUT2D eigenvalue weighted by atomic mass is 9.64. The van der Waals surface area contributed by atoms with Crippen molar-refractivity contribution in [1.82, 2.24) is 0 Å². The van der Waals surface area contributed by atoms with Gasteiger partial charge in [0.1, 0.15) is 0 Å². The smallest absolute Gasteiger partial charge is 0.381 e. The third-order valence-electron chi connectivity index (χ3n) is 4.02. The van der Waals surface area contributed by atoms with Crippen LogP contribution in [0.25, 0.3) is 0 Å². The summed E-state index contributed by atoms with van der Waals surface area (Å²) in [5, 5.41) is 3.01. The highest BCUT2D eigenvalue weighted by Gasteiger charge is 2.49. The number of para-hydroxylation sites is 1. The zero-order valence-corrected chi connectivity index (χ0v) is 11.2. The molecule has 0 radical (unpaired) electrons. The minimum Gasteiger partial charge on any atom is -0.381 e. The fourth-order valence-electron chi connectivity index (χ4n) is 2.57. The van der Waals surface area contributed by atoms with Gasteiger partial charge in [-0.15, -0.1) is 0 Å². The maximum absolute atomic E-state index is 12.9. The van der Waals surface area contributed by atoms with Crippen LogP contribution in [-0.4, -0.2) is 19.3 Å². The first-order chi connectivity index (χ1) is 8.76. The van der Waals surface area contributed by atoms with Crippen molar-refractivity contribution in [2.45, 2.75) is 38.6 Å². The third kappa shape index (κ3) is 2.56. The number of ether oxygens (including phenoxy) is 1. The molecule has 0 bridgehead atoms. The van der Waals surface area contributed by atoms with Gasteiger partial charge in [-0.05, 0) is 18.6 Å². The molecule has 0 spiro atoms. The van der Waals surface area contributed by atoms with Crippen molar-refractivity contribution in [1.29, 1.82) is 0 Å². The van der Waals surface area contributed by atoms with Crippen LogP contribution >= 0.6 is 0 Å². The van der Waals surface area contributed by atoms with E-state index in [0.717, 1.165) is 12.5 Å². The van der Waals surface area contributed by atoms with Crippen molar-refractivity contribution in [3.63, 3.8) is 0 Å². The molecule has 1 saturated carbocycles. The molecule has 0 aromatic heterocycles. The van der Waals surface area contributed by atoms with Crippen molar-refractivity contribution in [3.05, 3.63) is 29.8 Å². The molecule has 2 nitrogen and oxygen atoms in total. The predicted octanol–water partition coefficient (Wildman–Crippen LogP) is 3.93. The minimum absolute atomic E-state index is 0.0130. The highest BCUT2D eigenvalue weighted by atomic mass is 19.4. The summed E-state index contributed by atoms with van der Waals surface area (Å²) in [5.41, 5.74) is -0.651. The maximum Gasteiger partial charge on any atom is 0.418 e. The molecule has 1 aliphatic carbocycles. The zero-order chi connectivity index (χ0) is 14.3. The van der Waals surface area contributed by atoms with Crippen LogP contribution in [0, 0.1) is 5.41 Å². The van der Waals surface area contributed by atoms with Gasteiger partial charge in [0.2, 0.25) is 0 Å². The van der Waals surface area contributed by atoms with Crippen molar-refractivity contribution in [2.75, 3.05) is 12.4 Å². The Morgan fingerprint density at radius 2 is 1.89 bits per heavy atom. The van der Waals surface area contributed by atoms with Crippen molar-refractivity contribution in [3.8, 4) is 0 Å². The van der Waals surface area contributed by atoms with E-state index >= 15 is 0 Å². The Morgan fingerprint density at radius 1 is 1.26 bits per heavy atom. The predicted molar refractivity (Wildman–Crippen MR) is 68.0 cm³/mol. The van der Waals surface area contributed by atoms with Crippen molar-refractivity contribution < 1.29 is 17.9 Å². The summed E-state index contributed by atoms with van der Waals surface area (Å²) >= 11 is 0. The van der Waals surface area contributed by atoms with Gasteiger partial charge in [-0.25, -0.2) is 0 Å². The first-order valence-corrected chi connectivity index (χ1v) is 6.22. The molecule has 5 heteroatoms. The molecular formula is C14H18F3NO. The Kier molecular flexibility index (Phi) is 3.51. The molecule has 1 N–H and O–H groups in total. The van der Waals surface area contributed by atoms with Crippen LogP contribution in [0.5, 0.6) is 0 Å². The summed E-state index contributed by atoms with van der Waals surface area (Å²) in [5.74, 6) is 0. The Balaban J connectivity index is 2.18. The normalized spacial score (nSPS) is 25.8. The second-order valence-corrected chi connectivity index (χ2v) is 5.52. The molecule has 106 valence electrons. The van der Waals surface area contributed by atoms with E-state index in [1.807, 2.05) is 13.8 Å². The van der Waals surface area contributed by atoms with E-state index in [9.17, 15) is 13.2 Å². The van der Waals surface area contributed by atoms with Crippen molar-refractivity contribution in [2.24, 2.45) is 5.41 Å². The number of methoxy groups -OCH3 is 1. The van der Waals surface area contributed by atoms with E-state index in [-0.39, 0.29) is 23.2 Å². The molecule has 0 aliphatic heterocycles. The Labute approximate surface area is 111 Å². The number of benzene rings is 1. The largest absolute Gasteiger partial charge is 0.418 e. The van der Waals surface area contributed by atoms with Gasteiger partial charge >= 0.3 is 6.18 Å². The molecule has 1 aromatic carbocycles. The highest BCUT2D eigenvalue weighted by Crippen LogP contribution is 2.45. The number of alkyl halides is 3. The molecule has 0 saturated heterocycles. The van der Waals surface area contributed by atoms with Crippen LogP contribution in [0.15, 0.2) is 24.3 Å². The first-order valence-electron chi connectivity index (χ1n) is 6.22. The average molecular weight is 273 g/mol. The van der Waals surface area contributed by atoms with Gasteiger partial charge in [0.25, 0.3) is 0 Å². The highest BCUT2D eigenvalue weighted by molar-refractivity contribution is 5.54. The quantitative estimate of drug-likeness (QED) is 0.901. The number of hydrogen-bond donors (Lipinski definition) is 1. The van der Waals surface area contributed by atoms with Crippen LogP contribution in [-0.2, 0) is 10.9 Å². The average Bonchev–Trinajstić information content (AvgIpc) is 2.33. The third-order valence-corrected chi connectivity index (χ3v) is 4.02. The van der Waals surface area contributed by atoms with Crippen molar-refractivity contribution >= 4 is 5.69 Å². The van der Waals surface area contributed by atoms with E-state index < -0.39 is 11.7 Å². The van der Waals surface area contributed by atoms with Crippen LogP contribution in [0.1, 0.15) is 25.8 Å². The Hall–Kier alpha value is -1.23. The molecule has 1 fully saturated rings. The monoisotopic (exact) mass is 273 g/mol. The van der Waals surface area contributed by atoms with E-state index in [1.165, 1.54) is 12.1 Å².